The van der Waals surface area contributed by atoms with Gasteiger partial charge < -0.3 is 10.1 Å². The zero-order chi connectivity index (χ0) is 13.5. The molecule has 19 heavy (non-hydrogen) atoms. The Hall–Kier alpha value is -1.23. The van der Waals surface area contributed by atoms with Gasteiger partial charge in [0.05, 0.1) is 5.75 Å². The van der Waals surface area contributed by atoms with E-state index < -0.39 is 14.6 Å². The normalized spacial score (nSPS) is 27.8. The number of rotatable bonds is 3. The third-order valence-electron chi connectivity index (χ3n) is 4.20. The van der Waals surface area contributed by atoms with Gasteiger partial charge in [0, 0.05) is 18.3 Å². The van der Waals surface area contributed by atoms with Crippen molar-refractivity contribution in [1.82, 2.24) is 0 Å². The fourth-order valence-electron chi connectivity index (χ4n) is 2.80. The number of nitrogens with one attached hydrogen (secondary N) is 1. The van der Waals surface area contributed by atoms with Gasteiger partial charge in [-0.25, -0.2) is 8.42 Å². The van der Waals surface area contributed by atoms with Crippen LogP contribution in [0.4, 0.5) is 5.69 Å². The summed E-state index contributed by atoms with van der Waals surface area (Å²) in [5, 5.41) is 3.30. The van der Waals surface area contributed by atoms with E-state index in [2.05, 4.69) is 11.4 Å². The van der Waals surface area contributed by atoms with Gasteiger partial charge in [0.2, 0.25) is 0 Å². The zero-order valence-corrected chi connectivity index (χ0v) is 11.9. The molecule has 1 N–H and O–H groups in total. The van der Waals surface area contributed by atoms with Crippen LogP contribution in [0.2, 0.25) is 0 Å². The monoisotopic (exact) mass is 281 g/mol. The summed E-state index contributed by atoms with van der Waals surface area (Å²) in [6, 6.07) is 5.94. The molecular weight excluding hydrogens is 262 g/mol. The van der Waals surface area contributed by atoms with Crippen molar-refractivity contribution in [2.75, 3.05) is 24.2 Å². The van der Waals surface area contributed by atoms with Gasteiger partial charge >= 0.3 is 0 Å². The average molecular weight is 281 g/mol. The molecule has 1 aromatic carbocycles. The number of ether oxygens (including phenoxy) is 1. The van der Waals surface area contributed by atoms with Crippen LogP contribution in [0.3, 0.4) is 0 Å². The van der Waals surface area contributed by atoms with Crippen LogP contribution >= 0.6 is 0 Å². The van der Waals surface area contributed by atoms with Crippen molar-refractivity contribution < 1.29 is 13.2 Å². The molecule has 1 saturated heterocycles. The van der Waals surface area contributed by atoms with Gasteiger partial charge in [0.15, 0.2) is 9.84 Å². The van der Waals surface area contributed by atoms with E-state index in [9.17, 15) is 8.42 Å². The molecule has 1 unspecified atom stereocenters. The van der Waals surface area contributed by atoms with E-state index in [0.717, 1.165) is 30.8 Å². The molecule has 2 aliphatic rings. The minimum atomic E-state index is -3.01. The fraction of sp³-hybridized carbons (Fsp3) is 0.571. The highest BCUT2D eigenvalue weighted by atomic mass is 32.2. The van der Waals surface area contributed by atoms with Crippen LogP contribution in [0.25, 0.3) is 0 Å². The highest BCUT2D eigenvalue weighted by Gasteiger charge is 2.44. The Labute approximate surface area is 114 Å². The summed E-state index contributed by atoms with van der Waals surface area (Å²) in [5.41, 5.74) is 2.41. The third-order valence-corrected chi connectivity index (χ3v) is 6.85. The Morgan fingerprint density at radius 2 is 2.26 bits per heavy atom. The van der Waals surface area contributed by atoms with E-state index >= 15 is 0 Å². The van der Waals surface area contributed by atoms with Gasteiger partial charge in [-0.2, -0.15) is 0 Å². The first-order chi connectivity index (χ1) is 9.00. The number of fused-ring (bicyclic) bond motifs is 1. The maximum absolute atomic E-state index is 12.0. The van der Waals surface area contributed by atoms with Crippen molar-refractivity contribution in [3.8, 4) is 5.75 Å². The lowest BCUT2D eigenvalue weighted by Gasteiger charge is -2.23. The molecule has 0 radical (unpaired) electrons. The number of sulfone groups is 1. The molecule has 1 fully saturated rings. The first kappa shape index (κ1) is 12.8. The summed E-state index contributed by atoms with van der Waals surface area (Å²) in [6.45, 7) is 3.00. The van der Waals surface area contributed by atoms with Crippen molar-refractivity contribution in [3.05, 3.63) is 23.8 Å². The Bertz CT molecular complexity index is 597. The van der Waals surface area contributed by atoms with Gasteiger partial charge in [0.25, 0.3) is 0 Å². The summed E-state index contributed by atoms with van der Waals surface area (Å²) in [7, 11) is -3.01. The number of hydrogen-bond donors (Lipinski definition) is 1. The minimum absolute atomic E-state index is 0.244. The van der Waals surface area contributed by atoms with E-state index in [0.29, 0.717) is 12.2 Å². The van der Waals surface area contributed by atoms with Crippen LogP contribution in [-0.4, -0.2) is 32.1 Å². The molecule has 2 heterocycles. The molecule has 0 amide bonds. The predicted octanol–water partition coefficient (Wildman–Crippen LogP) is 2.00. The average Bonchev–Trinajstić information content (AvgIpc) is 2.92. The Morgan fingerprint density at radius 1 is 1.42 bits per heavy atom. The van der Waals surface area contributed by atoms with Crippen LogP contribution < -0.4 is 10.1 Å². The SMILES string of the molecule is CC1(COc2ccc3c(c2)NCC3)CCCS1(=O)=O. The quantitative estimate of drug-likeness (QED) is 0.920. The molecule has 0 spiro atoms. The molecule has 3 rings (SSSR count). The standard InChI is InChI=1S/C14H19NO3S/c1-14(6-2-8-19(14,16)17)10-18-12-4-3-11-5-7-15-13(11)9-12/h3-4,9,15H,2,5-8,10H2,1H3. The highest BCUT2D eigenvalue weighted by Crippen LogP contribution is 2.33. The lowest BCUT2D eigenvalue weighted by molar-refractivity contribution is 0.270. The van der Waals surface area contributed by atoms with Crippen LogP contribution in [0, 0.1) is 0 Å². The Balaban J connectivity index is 1.73. The molecule has 1 aromatic rings. The molecule has 104 valence electrons. The van der Waals surface area contributed by atoms with Crippen LogP contribution in [0.15, 0.2) is 18.2 Å². The van der Waals surface area contributed by atoms with Crippen molar-refractivity contribution in [2.45, 2.75) is 30.9 Å². The maximum atomic E-state index is 12.0. The first-order valence-electron chi connectivity index (χ1n) is 6.72. The minimum Gasteiger partial charge on any atom is -0.492 e. The van der Waals surface area contributed by atoms with E-state index in [1.54, 1.807) is 6.92 Å². The predicted molar refractivity (Wildman–Crippen MR) is 75.6 cm³/mol. The lowest BCUT2D eigenvalue weighted by atomic mass is 10.1. The van der Waals surface area contributed by atoms with Gasteiger partial charge in [-0.05, 0) is 37.8 Å². The van der Waals surface area contributed by atoms with Crippen LogP contribution in [0.1, 0.15) is 25.3 Å². The molecule has 0 aromatic heterocycles. The van der Waals surface area contributed by atoms with Crippen LogP contribution in [-0.2, 0) is 16.3 Å². The van der Waals surface area contributed by atoms with Crippen LogP contribution in [0.5, 0.6) is 5.75 Å². The molecule has 0 saturated carbocycles. The van der Waals surface area contributed by atoms with Crippen molar-refractivity contribution in [1.29, 1.82) is 0 Å². The molecular formula is C14H19NO3S. The molecule has 0 bridgehead atoms. The zero-order valence-electron chi connectivity index (χ0n) is 11.1. The number of benzene rings is 1. The van der Waals surface area contributed by atoms with E-state index in [1.807, 2.05) is 12.1 Å². The van der Waals surface area contributed by atoms with E-state index in [1.165, 1.54) is 5.56 Å². The van der Waals surface area contributed by atoms with Gasteiger partial charge in [-0.3, -0.25) is 0 Å². The number of anilines is 1. The summed E-state index contributed by atoms with van der Waals surface area (Å²) >= 11 is 0. The second kappa shape index (κ2) is 4.40. The van der Waals surface area contributed by atoms with Gasteiger partial charge in [-0.1, -0.05) is 6.07 Å². The molecule has 1 atom stereocenters. The van der Waals surface area contributed by atoms with Gasteiger partial charge in [-0.15, -0.1) is 0 Å². The highest BCUT2D eigenvalue weighted by molar-refractivity contribution is 7.93. The van der Waals surface area contributed by atoms with Crippen molar-refractivity contribution in [2.24, 2.45) is 0 Å². The Kier molecular flexibility index (Phi) is 2.96. The number of hydrogen-bond acceptors (Lipinski definition) is 4. The first-order valence-corrected chi connectivity index (χ1v) is 8.37. The van der Waals surface area contributed by atoms with E-state index in [-0.39, 0.29) is 6.61 Å². The molecule has 5 heteroatoms. The summed E-state index contributed by atoms with van der Waals surface area (Å²) in [5.74, 6) is 1.04. The summed E-state index contributed by atoms with van der Waals surface area (Å²) in [4.78, 5) is 0. The summed E-state index contributed by atoms with van der Waals surface area (Å²) in [6.07, 6.45) is 2.48. The maximum Gasteiger partial charge on any atom is 0.159 e. The molecule has 2 aliphatic heterocycles. The molecule has 4 nitrogen and oxygen atoms in total. The second-order valence-corrected chi connectivity index (χ2v) is 8.28. The topological polar surface area (TPSA) is 55.4 Å². The fourth-order valence-corrected chi connectivity index (χ4v) is 4.51. The lowest BCUT2D eigenvalue weighted by Crippen LogP contribution is -2.37. The van der Waals surface area contributed by atoms with Gasteiger partial charge in [0.1, 0.15) is 17.1 Å². The smallest absolute Gasteiger partial charge is 0.159 e. The Morgan fingerprint density at radius 3 is 3.00 bits per heavy atom. The van der Waals surface area contributed by atoms with Crippen molar-refractivity contribution >= 4 is 15.5 Å². The van der Waals surface area contributed by atoms with Crippen molar-refractivity contribution in [3.63, 3.8) is 0 Å². The summed E-state index contributed by atoms with van der Waals surface area (Å²) < 4.78 is 29.0. The third kappa shape index (κ3) is 2.20. The second-order valence-electron chi connectivity index (χ2n) is 5.66. The molecule has 0 aliphatic carbocycles. The largest absolute Gasteiger partial charge is 0.492 e. The van der Waals surface area contributed by atoms with E-state index in [4.69, 9.17) is 4.74 Å².